The quantitative estimate of drug-likeness (QED) is 0.580. The predicted molar refractivity (Wildman–Crippen MR) is 123 cm³/mol. The van der Waals surface area contributed by atoms with Crippen LogP contribution in [-0.4, -0.2) is 58.0 Å². The molecule has 2 heterocycles. The van der Waals surface area contributed by atoms with Gasteiger partial charge in [-0.3, -0.25) is 9.80 Å². The van der Waals surface area contributed by atoms with Crippen LogP contribution in [0.15, 0.2) is 48.5 Å². The molecule has 0 radical (unpaired) electrons. The fraction of sp³-hybridized carbons (Fsp3) is 0.318. The van der Waals surface area contributed by atoms with Gasteiger partial charge in [0, 0.05) is 37.7 Å². The first-order valence-corrected chi connectivity index (χ1v) is 10.6. The van der Waals surface area contributed by atoms with Crippen molar-refractivity contribution in [3.8, 4) is 5.75 Å². The van der Waals surface area contributed by atoms with Crippen molar-refractivity contribution in [3.05, 3.63) is 64.9 Å². The number of benzene rings is 2. The minimum Gasteiger partial charge on any atom is -0.495 e. The largest absolute Gasteiger partial charge is 0.495 e. The van der Waals surface area contributed by atoms with E-state index in [1.165, 1.54) is 5.56 Å². The highest BCUT2D eigenvalue weighted by atomic mass is 35.5. The monoisotopic (exact) mass is 439 g/mol. The molecule has 0 unspecified atom stereocenters. The Kier molecular flexibility index (Phi) is 6.81. The standard InChI is InChI=1S/C22H26ClN7O/c1-31-19-8-3-2-7-18(19)25-22-27-20(26-21(24)28-22)15-30-11-9-29(10-12-30)14-16-5-4-6-17(23)13-16/h2-8,13H,9-12,14-15H2,1H3,(H3,24,25,26,27,28). The normalized spacial score (nSPS) is 15.0. The highest BCUT2D eigenvalue weighted by molar-refractivity contribution is 6.30. The first-order valence-electron chi connectivity index (χ1n) is 10.2. The molecule has 1 fully saturated rings. The SMILES string of the molecule is COc1ccccc1Nc1nc(N)nc(CN2CCN(Cc3cccc(Cl)c3)CC2)n1. The van der Waals surface area contributed by atoms with Gasteiger partial charge in [0.1, 0.15) is 11.6 Å². The number of nitrogens with zero attached hydrogens (tertiary/aromatic N) is 5. The number of nitrogen functional groups attached to an aromatic ring is 1. The Morgan fingerprint density at radius 2 is 1.71 bits per heavy atom. The molecule has 4 rings (SSSR count). The number of rotatable bonds is 7. The fourth-order valence-electron chi connectivity index (χ4n) is 3.63. The average Bonchev–Trinajstić information content (AvgIpc) is 2.75. The second-order valence-corrected chi connectivity index (χ2v) is 7.88. The molecule has 0 spiro atoms. The van der Waals surface area contributed by atoms with Gasteiger partial charge in [0.15, 0.2) is 0 Å². The van der Waals surface area contributed by atoms with E-state index >= 15 is 0 Å². The molecule has 1 aromatic heterocycles. The minimum atomic E-state index is 0.196. The lowest BCUT2D eigenvalue weighted by Crippen LogP contribution is -2.45. The number of nitrogens with one attached hydrogen (secondary N) is 1. The van der Waals surface area contributed by atoms with E-state index in [-0.39, 0.29) is 5.95 Å². The molecule has 0 aliphatic carbocycles. The van der Waals surface area contributed by atoms with E-state index in [9.17, 15) is 0 Å². The second-order valence-electron chi connectivity index (χ2n) is 7.44. The molecule has 3 N–H and O–H groups in total. The lowest BCUT2D eigenvalue weighted by atomic mass is 10.2. The summed E-state index contributed by atoms with van der Waals surface area (Å²) in [4.78, 5) is 17.9. The van der Waals surface area contributed by atoms with Crippen LogP contribution in [0.3, 0.4) is 0 Å². The van der Waals surface area contributed by atoms with Gasteiger partial charge >= 0.3 is 0 Å². The van der Waals surface area contributed by atoms with Crippen LogP contribution < -0.4 is 15.8 Å². The van der Waals surface area contributed by atoms with Crippen LogP contribution >= 0.6 is 11.6 Å². The van der Waals surface area contributed by atoms with E-state index in [0.717, 1.165) is 43.4 Å². The van der Waals surface area contributed by atoms with Crippen LogP contribution in [0.1, 0.15) is 11.4 Å². The Labute approximate surface area is 187 Å². The Bertz CT molecular complexity index is 1020. The van der Waals surface area contributed by atoms with Gasteiger partial charge in [-0.05, 0) is 29.8 Å². The molecule has 0 amide bonds. The maximum Gasteiger partial charge on any atom is 0.232 e. The van der Waals surface area contributed by atoms with E-state index < -0.39 is 0 Å². The van der Waals surface area contributed by atoms with Crippen LogP contribution in [0.2, 0.25) is 5.02 Å². The van der Waals surface area contributed by atoms with Crippen LogP contribution in [0.4, 0.5) is 17.6 Å². The van der Waals surface area contributed by atoms with Crippen molar-refractivity contribution in [2.75, 3.05) is 44.3 Å². The number of para-hydroxylation sites is 2. The Balaban J connectivity index is 1.35. The van der Waals surface area contributed by atoms with E-state index in [0.29, 0.717) is 24.1 Å². The van der Waals surface area contributed by atoms with Gasteiger partial charge in [0.2, 0.25) is 11.9 Å². The first kappa shape index (κ1) is 21.3. The Morgan fingerprint density at radius 3 is 2.45 bits per heavy atom. The topological polar surface area (TPSA) is 92.4 Å². The second kappa shape index (κ2) is 9.91. The third-order valence-corrected chi connectivity index (χ3v) is 5.41. The number of aromatic nitrogens is 3. The van der Waals surface area contributed by atoms with Gasteiger partial charge < -0.3 is 15.8 Å². The van der Waals surface area contributed by atoms with Crippen molar-refractivity contribution in [3.63, 3.8) is 0 Å². The highest BCUT2D eigenvalue weighted by Crippen LogP contribution is 2.25. The van der Waals surface area contributed by atoms with Gasteiger partial charge in [0.25, 0.3) is 0 Å². The molecule has 1 saturated heterocycles. The number of ether oxygens (including phenoxy) is 1. The maximum absolute atomic E-state index is 6.10. The molecule has 2 aromatic carbocycles. The number of nitrogens with two attached hydrogens (primary N) is 1. The predicted octanol–water partition coefficient (Wildman–Crippen LogP) is 3.18. The third kappa shape index (κ3) is 5.81. The third-order valence-electron chi connectivity index (χ3n) is 5.18. The van der Waals surface area contributed by atoms with Gasteiger partial charge in [-0.15, -0.1) is 0 Å². The summed E-state index contributed by atoms with van der Waals surface area (Å²) in [6.07, 6.45) is 0. The summed E-state index contributed by atoms with van der Waals surface area (Å²) < 4.78 is 5.37. The van der Waals surface area contributed by atoms with Gasteiger partial charge in [0.05, 0.1) is 19.3 Å². The van der Waals surface area contributed by atoms with Crippen LogP contribution in [0.25, 0.3) is 0 Å². The molecule has 8 nitrogen and oxygen atoms in total. The average molecular weight is 440 g/mol. The molecule has 0 saturated carbocycles. The van der Waals surface area contributed by atoms with Crippen LogP contribution in [-0.2, 0) is 13.1 Å². The minimum absolute atomic E-state index is 0.196. The van der Waals surface area contributed by atoms with E-state index in [1.54, 1.807) is 7.11 Å². The number of hydrogen-bond donors (Lipinski definition) is 2. The van der Waals surface area contributed by atoms with Gasteiger partial charge in [-0.1, -0.05) is 35.9 Å². The zero-order chi connectivity index (χ0) is 21.6. The molecule has 1 aliphatic heterocycles. The summed E-state index contributed by atoms with van der Waals surface area (Å²) in [5.41, 5.74) is 7.95. The van der Waals surface area contributed by atoms with Crippen molar-refractivity contribution in [1.82, 2.24) is 24.8 Å². The zero-order valence-corrected chi connectivity index (χ0v) is 18.2. The molecular formula is C22H26ClN7O. The lowest BCUT2D eigenvalue weighted by molar-refractivity contribution is 0.120. The molecule has 162 valence electrons. The van der Waals surface area contributed by atoms with Gasteiger partial charge in [-0.25, -0.2) is 0 Å². The Morgan fingerprint density at radius 1 is 0.968 bits per heavy atom. The number of piperazine rings is 1. The van der Waals surface area contributed by atoms with Crippen LogP contribution in [0, 0.1) is 0 Å². The lowest BCUT2D eigenvalue weighted by Gasteiger charge is -2.34. The number of methoxy groups -OCH3 is 1. The van der Waals surface area contributed by atoms with Crippen molar-refractivity contribution < 1.29 is 4.74 Å². The van der Waals surface area contributed by atoms with E-state index in [2.05, 4.69) is 36.1 Å². The van der Waals surface area contributed by atoms with Crippen molar-refractivity contribution in [2.24, 2.45) is 0 Å². The summed E-state index contributed by atoms with van der Waals surface area (Å²) in [6, 6.07) is 15.6. The molecule has 9 heteroatoms. The number of halogens is 1. The molecule has 31 heavy (non-hydrogen) atoms. The fourth-order valence-corrected chi connectivity index (χ4v) is 3.84. The number of anilines is 3. The van der Waals surface area contributed by atoms with Gasteiger partial charge in [-0.2, -0.15) is 15.0 Å². The number of hydrogen-bond acceptors (Lipinski definition) is 8. The Hall–Kier alpha value is -2.94. The van der Waals surface area contributed by atoms with Crippen molar-refractivity contribution in [1.29, 1.82) is 0 Å². The van der Waals surface area contributed by atoms with E-state index in [4.69, 9.17) is 22.1 Å². The first-order chi connectivity index (χ1) is 15.1. The molecule has 0 atom stereocenters. The summed E-state index contributed by atoms with van der Waals surface area (Å²) >= 11 is 6.10. The summed E-state index contributed by atoms with van der Waals surface area (Å²) in [6.45, 7) is 5.33. The van der Waals surface area contributed by atoms with Crippen LogP contribution in [0.5, 0.6) is 5.75 Å². The molecule has 0 bridgehead atoms. The molecule has 1 aliphatic rings. The summed E-state index contributed by atoms with van der Waals surface area (Å²) in [5, 5.41) is 3.95. The van der Waals surface area contributed by atoms with E-state index in [1.807, 2.05) is 42.5 Å². The molecule has 3 aromatic rings. The maximum atomic E-state index is 6.10. The molecular weight excluding hydrogens is 414 g/mol. The highest BCUT2D eigenvalue weighted by Gasteiger charge is 2.19. The zero-order valence-electron chi connectivity index (χ0n) is 17.5. The smallest absolute Gasteiger partial charge is 0.232 e. The summed E-state index contributed by atoms with van der Waals surface area (Å²) in [7, 11) is 1.62. The van der Waals surface area contributed by atoms with Crippen molar-refractivity contribution in [2.45, 2.75) is 13.1 Å². The summed E-state index contributed by atoms with van der Waals surface area (Å²) in [5.74, 6) is 1.96. The van der Waals surface area contributed by atoms with Crippen molar-refractivity contribution >= 4 is 29.2 Å².